The molecular formula is C73H107Br5KN9O14. The van der Waals surface area contributed by atoms with Crippen LogP contribution in [0.3, 0.4) is 0 Å². The molecule has 7 aliphatic rings. The summed E-state index contributed by atoms with van der Waals surface area (Å²) in [5, 5.41) is 24.3. The van der Waals surface area contributed by atoms with Gasteiger partial charge >= 0.3 is 81.2 Å². The molecule has 0 aromatic carbocycles. The minimum atomic E-state index is -0.964. The van der Waals surface area contributed by atoms with Crippen LogP contribution in [0.5, 0.6) is 0 Å². The van der Waals surface area contributed by atoms with E-state index in [1.807, 2.05) is 74.4 Å². The predicted octanol–water partition coefficient (Wildman–Crippen LogP) is 13.7. The van der Waals surface area contributed by atoms with E-state index in [0.717, 1.165) is 61.3 Å². The number of halogens is 5. The molecule has 9 N–H and O–H groups in total. The number of nitrogens with two attached hydrogens (primary N) is 2. The van der Waals surface area contributed by atoms with Gasteiger partial charge in [0.2, 0.25) is 0 Å². The Morgan fingerprint density at radius 2 is 0.667 bits per heavy atom. The molecule has 0 radical (unpaired) electrons. The van der Waals surface area contributed by atoms with Crippen LogP contribution in [0.2, 0.25) is 0 Å². The van der Waals surface area contributed by atoms with Gasteiger partial charge in [-0.2, -0.15) is 0 Å². The molecule has 564 valence electrons. The Hall–Kier alpha value is -3.50. The van der Waals surface area contributed by atoms with Crippen molar-refractivity contribution in [3.8, 4) is 0 Å². The topological polar surface area (TPSA) is 352 Å². The van der Waals surface area contributed by atoms with Crippen molar-refractivity contribution in [1.82, 2.24) is 24.9 Å². The average Bonchev–Trinajstić information content (AvgIpc) is 0.836. The largest absolute Gasteiger partial charge is 1.00 e. The number of carboxylic acid groups (broad SMARTS) is 2. The fourth-order valence-corrected chi connectivity index (χ4v) is 12.2. The van der Waals surface area contributed by atoms with Gasteiger partial charge in [0, 0.05) is 23.1 Å². The third kappa shape index (κ3) is 37.3. The fraction of sp³-hybridized carbons (Fsp3) is 0.589. The molecule has 5 aromatic heterocycles. The van der Waals surface area contributed by atoms with E-state index in [0.29, 0.717) is 101 Å². The Morgan fingerprint density at radius 1 is 0.422 bits per heavy atom. The van der Waals surface area contributed by atoms with Crippen LogP contribution in [-0.4, -0.2) is 151 Å². The molecule has 8 heterocycles. The molecule has 23 nitrogen and oxygen atoms in total. The molecule has 0 unspecified atom stereocenters. The summed E-state index contributed by atoms with van der Waals surface area (Å²) >= 11 is 15.9. The van der Waals surface area contributed by atoms with E-state index in [-0.39, 0.29) is 115 Å². The number of aromatic carboxylic acids is 2. The first-order chi connectivity index (χ1) is 45.6. The van der Waals surface area contributed by atoms with Crippen LogP contribution >= 0.6 is 79.6 Å². The van der Waals surface area contributed by atoms with Crippen LogP contribution in [0.25, 0.3) is 0 Å². The third-order valence-corrected chi connectivity index (χ3v) is 17.5. The Morgan fingerprint density at radius 3 is 0.912 bits per heavy atom. The van der Waals surface area contributed by atoms with E-state index >= 15 is 0 Å². The molecule has 3 saturated heterocycles. The number of nitrogens with zero attached hydrogens (tertiary/aromatic N) is 5. The number of anilines is 2. The maximum Gasteiger partial charge on any atom is 1.00 e. The SMILES string of the molecule is C.C.C.CC(C)(C)OC(=O)c1cc(Br)nc(Br)c1.CC(C)(C)OC(=O)c1cc(Br)nc(CC2CCC2)c1.CC(C)(C)OC(=O)c1cc(CC2CCC2)nc(NC2COC2)c1.NC1CCC1.NC1COC1.O=C(O)c1cc(Br)nc(Br)c1.O=C(O)c1cc(CC2CCC2)nc(NC2COC2)c1.[K+].[OH-]. The van der Waals surface area contributed by atoms with Crippen molar-refractivity contribution in [1.29, 1.82) is 0 Å². The summed E-state index contributed by atoms with van der Waals surface area (Å²) in [6, 6.07) is 18.1. The van der Waals surface area contributed by atoms with Gasteiger partial charge in [-0.15, -0.1) is 0 Å². The van der Waals surface area contributed by atoms with E-state index in [1.54, 1.807) is 36.4 Å². The molecule has 7 fully saturated rings. The van der Waals surface area contributed by atoms with E-state index in [9.17, 15) is 24.0 Å². The number of ether oxygens (including phenoxy) is 6. The zero-order valence-corrected chi connectivity index (χ0v) is 69.3. The zero-order valence-electron chi connectivity index (χ0n) is 58.3. The first-order valence-electron chi connectivity index (χ1n) is 32.9. The molecule has 12 rings (SSSR count). The number of carboxylic acids is 2. The monoisotopic (exact) mass is 1770 g/mol. The van der Waals surface area contributed by atoms with Crippen molar-refractivity contribution in [3.63, 3.8) is 0 Å². The van der Waals surface area contributed by atoms with Gasteiger partial charge in [0.1, 0.15) is 51.5 Å². The minimum Gasteiger partial charge on any atom is -0.870 e. The Kier molecular flexibility index (Phi) is 44.1. The Bertz CT molecular complexity index is 3300. The number of carbonyl (C=O) groups is 5. The number of nitrogens with one attached hydrogen (secondary N) is 2. The first-order valence-corrected chi connectivity index (χ1v) is 36.8. The number of carbonyl (C=O) groups excluding carboxylic acids is 3. The van der Waals surface area contributed by atoms with Gasteiger partial charge in [0.25, 0.3) is 0 Å². The van der Waals surface area contributed by atoms with Crippen molar-refractivity contribution >= 4 is 121 Å². The van der Waals surface area contributed by atoms with Gasteiger partial charge in [0.05, 0.1) is 85.6 Å². The van der Waals surface area contributed by atoms with E-state index in [4.69, 9.17) is 50.1 Å². The Balaban J connectivity index is 0.000000615. The predicted molar refractivity (Wildman–Crippen MR) is 411 cm³/mol. The van der Waals surface area contributed by atoms with Crippen molar-refractivity contribution in [2.75, 3.05) is 50.3 Å². The zero-order chi connectivity index (χ0) is 71.2. The maximum atomic E-state index is 12.4. The van der Waals surface area contributed by atoms with Crippen LogP contribution in [0, 0.1) is 17.8 Å². The standard InChI is InChI=1S/C18H26N2O3.C15H20BrNO2.C14H18N2O3.C10H11Br2NO2.C6H3Br2NO2.C4H9N.C3H7NO.3CH4.K.H2O/c1-18(2,3)23-17(21)13-8-14(7-12-5-4-6-12)19-16(9-13)20-15-10-22-11-15;1-15(2,3)19-14(18)11-8-12(17-13(16)9-11)7-10-5-4-6-10;17-14(18)10-5-11(4-9-2-1-3-9)15-13(6-10)16-12-7-19-8-12;1-10(2,3)15-9(14)6-4-7(11)13-8(12)5-6;7-4-1-3(6(10)11)2-5(8)9-4;5-4-2-1-3-4;4-3-1-5-2-3;;;;;/h8-9,12,15H,4-7,10-11H2,1-3H3,(H,19,20);8-10H,4-7H2,1-3H3;5-6,9,12H,1-4,7-8H2,(H,15,16)(H,17,18);4-5H,1-3H3;1-2H,(H,10,11);4H,1-3,5H2;3H,1-2,4H2;3*1H4;;1H2/q;;;;;;;;;;+1;/p-1. The van der Waals surface area contributed by atoms with Crippen LogP contribution < -0.4 is 73.5 Å². The molecule has 4 saturated carbocycles. The van der Waals surface area contributed by atoms with Crippen molar-refractivity contribution in [3.05, 3.63) is 129 Å². The maximum absolute atomic E-state index is 12.4. The molecule has 0 spiro atoms. The number of rotatable bonds is 15. The number of hydrogen-bond donors (Lipinski definition) is 6. The fourth-order valence-electron chi connectivity index (χ4n) is 9.46. The molecule has 0 amide bonds. The van der Waals surface area contributed by atoms with Crippen LogP contribution in [-0.2, 0) is 47.7 Å². The summed E-state index contributed by atoms with van der Waals surface area (Å²) in [7, 11) is 0. The van der Waals surface area contributed by atoms with E-state index in [2.05, 4.69) is 115 Å². The van der Waals surface area contributed by atoms with Gasteiger partial charge in [-0.25, -0.2) is 48.9 Å². The summed E-state index contributed by atoms with van der Waals surface area (Å²) in [5.41, 5.74) is 14.1. The quantitative estimate of drug-likeness (QED) is 0.0245. The number of hydrogen-bond acceptors (Lipinski definition) is 21. The molecule has 4 aliphatic carbocycles. The van der Waals surface area contributed by atoms with Crippen molar-refractivity contribution in [2.45, 2.75) is 222 Å². The van der Waals surface area contributed by atoms with Crippen molar-refractivity contribution in [2.24, 2.45) is 29.2 Å². The first kappa shape index (κ1) is 96.5. The smallest absolute Gasteiger partial charge is 0.870 e. The number of aromatic nitrogens is 5. The molecule has 102 heavy (non-hydrogen) atoms. The van der Waals surface area contributed by atoms with Gasteiger partial charge in [-0.05, 0) is 252 Å². The van der Waals surface area contributed by atoms with Crippen LogP contribution in [0.4, 0.5) is 11.6 Å². The molecule has 29 heteroatoms. The average molecular weight is 1770 g/mol. The summed E-state index contributed by atoms with van der Waals surface area (Å²) in [5.74, 6) is 0.720. The van der Waals surface area contributed by atoms with Gasteiger partial charge in [-0.1, -0.05) is 86.5 Å². The minimum absolute atomic E-state index is 0. The summed E-state index contributed by atoms with van der Waals surface area (Å²) < 4.78 is 34.0. The Labute approximate surface area is 688 Å². The van der Waals surface area contributed by atoms with Gasteiger partial charge in [-0.3, -0.25) is 0 Å². The van der Waals surface area contributed by atoms with Gasteiger partial charge < -0.3 is 66.2 Å². The number of pyridine rings is 5. The summed E-state index contributed by atoms with van der Waals surface area (Å²) in [6.45, 7) is 21.0. The molecular weight excluding hydrogens is 1670 g/mol. The molecule has 0 atom stereocenters. The second kappa shape index (κ2) is 46.7. The number of esters is 3. The van der Waals surface area contributed by atoms with Crippen molar-refractivity contribution < 1.29 is 119 Å². The second-order valence-corrected chi connectivity index (χ2v) is 32.1. The van der Waals surface area contributed by atoms with Crippen LogP contribution in [0.15, 0.2) is 83.7 Å². The van der Waals surface area contributed by atoms with Crippen LogP contribution in [0.1, 0.15) is 231 Å². The summed E-state index contributed by atoms with van der Waals surface area (Å²) in [4.78, 5) is 79.3. The molecule has 3 aliphatic heterocycles. The van der Waals surface area contributed by atoms with E-state index in [1.165, 1.54) is 89.2 Å². The van der Waals surface area contributed by atoms with E-state index < -0.39 is 28.7 Å². The summed E-state index contributed by atoms with van der Waals surface area (Å²) in [6.07, 6.45) is 18.1. The second-order valence-electron chi connectivity index (χ2n) is 28.0. The molecule has 0 bridgehead atoms. The normalized spacial score (nSPS) is 16.1. The van der Waals surface area contributed by atoms with Gasteiger partial charge in [0.15, 0.2) is 0 Å². The third-order valence-electron chi connectivity index (χ3n) is 15.5. The molecule has 5 aromatic rings.